The van der Waals surface area contributed by atoms with Gasteiger partial charge >= 0.3 is 35.7 Å². The number of alkyl halides is 3. The molecular weight excluding hydrogens is 558 g/mol. The number of carbonyl (C=O) groups is 1. The molecule has 0 atom stereocenters. The third kappa shape index (κ3) is 6.49. The summed E-state index contributed by atoms with van der Waals surface area (Å²) < 4.78 is 46.5. The number of carboxylic acids is 1. The zero-order valence-corrected chi connectivity index (χ0v) is 22.9. The minimum Gasteiger partial charge on any atom is -0.545 e. The molecule has 3 aromatic rings. The smallest absolute Gasteiger partial charge is 0.545 e. The fourth-order valence-electron chi connectivity index (χ4n) is 3.98. The van der Waals surface area contributed by atoms with Crippen LogP contribution in [0, 0.1) is 0 Å². The summed E-state index contributed by atoms with van der Waals surface area (Å²) in [4.78, 5) is 14.9. The van der Waals surface area contributed by atoms with Gasteiger partial charge in [-0.15, -0.1) is 0 Å². The molecule has 0 unspecified atom stereocenters. The molecule has 0 radical (unpaired) electrons. The van der Waals surface area contributed by atoms with Crippen molar-refractivity contribution in [2.24, 2.45) is 0 Å². The molecule has 10 heteroatoms. The van der Waals surface area contributed by atoms with Crippen molar-refractivity contribution in [2.75, 3.05) is 0 Å². The molecule has 4 rings (SSSR count). The Hall–Kier alpha value is -1.84. The molecular formula is C25H17BrClF3NNaO3. The third-order valence-electron chi connectivity index (χ3n) is 5.52. The minimum absolute atomic E-state index is 0. The van der Waals surface area contributed by atoms with E-state index in [2.05, 4.69) is 20.9 Å². The van der Waals surface area contributed by atoms with Crippen molar-refractivity contribution >= 4 is 44.6 Å². The van der Waals surface area contributed by atoms with E-state index >= 15 is 0 Å². The summed E-state index contributed by atoms with van der Waals surface area (Å²) in [7, 11) is 0. The van der Waals surface area contributed by atoms with E-state index in [4.69, 9.17) is 16.3 Å². The second-order valence-electron chi connectivity index (χ2n) is 7.77. The van der Waals surface area contributed by atoms with Gasteiger partial charge in [0.1, 0.15) is 12.4 Å². The second kappa shape index (κ2) is 11.5. The molecule has 0 amide bonds. The Morgan fingerprint density at radius 1 is 1.09 bits per heavy atom. The van der Waals surface area contributed by atoms with E-state index in [-0.39, 0.29) is 29.6 Å². The van der Waals surface area contributed by atoms with Gasteiger partial charge in [-0.1, -0.05) is 39.7 Å². The molecule has 1 aromatic heterocycles. The summed E-state index contributed by atoms with van der Waals surface area (Å²) in [5, 5.41) is 12.0. The molecule has 0 N–H and O–H groups in total. The first-order valence-corrected chi connectivity index (χ1v) is 11.5. The number of nitrogens with zero attached hydrogens (tertiary/aromatic N) is 1. The van der Waals surface area contributed by atoms with Gasteiger partial charge in [0.25, 0.3) is 0 Å². The standard InChI is InChI=1S/C25H18BrClF3NO3.Na/c26-16-6-9-22(34-13-14-4-7-17(27)8-5-14)20(11-16)19-3-1-2-18(19)15-10-21(24(32)33)23(31-12-15)25(28,29)30;/h4-12H,1-3,13H2,(H,32,33);/q;+1/p-1. The summed E-state index contributed by atoms with van der Waals surface area (Å²) in [5.41, 5.74) is 1.19. The van der Waals surface area contributed by atoms with Gasteiger partial charge in [0.05, 0.1) is 5.97 Å². The molecule has 0 aliphatic heterocycles. The number of hydrogen-bond donors (Lipinski definition) is 0. The van der Waals surface area contributed by atoms with Gasteiger partial charge < -0.3 is 14.6 Å². The van der Waals surface area contributed by atoms with E-state index in [1.54, 1.807) is 12.1 Å². The van der Waals surface area contributed by atoms with Crippen LogP contribution >= 0.6 is 27.5 Å². The van der Waals surface area contributed by atoms with Crippen LogP contribution in [0.5, 0.6) is 5.75 Å². The van der Waals surface area contributed by atoms with E-state index in [9.17, 15) is 23.1 Å². The van der Waals surface area contributed by atoms with E-state index in [1.807, 2.05) is 30.3 Å². The first-order valence-electron chi connectivity index (χ1n) is 10.3. The van der Waals surface area contributed by atoms with Crippen LogP contribution in [-0.2, 0) is 12.8 Å². The van der Waals surface area contributed by atoms with E-state index in [0.29, 0.717) is 35.8 Å². The molecule has 0 saturated carbocycles. The summed E-state index contributed by atoms with van der Waals surface area (Å²) in [6.45, 7) is 0.297. The number of ether oxygens (including phenoxy) is 1. The van der Waals surface area contributed by atoms with Gasteiger partial charge in [-0.05, 0) is 77.9 Å². The second-order valence-corrected chi connectivity index (χ2v) is 9.12. The normalized spacial score (nSPS) is 13.5. The SMILES string of the molecule is O=C([O-])c1cc(C2=C(c3cc(Br)ccc3OCc3ccc(Cl)cc3)CCC2)cnc1C(F)(F)F.[Na+]. The summed E-state index contributed by atoms with van der Waals surface area (Å²) >= 11 is 9.41. The first kappa shape index (κ1) is 27.7. The van der Waals surface area contributed by atoms with Crippen LogP contribution < -0.4 is 39.4 Å². The van der Waals surface area contributed by atoms with Crippen LogP contribution in [0.1, 0.15) is 52.0 Å². The number of pyridine rings is 1. The monoisotopic (exact) mass is 573 g/mol. The number of carboxylic acid groups (broad SMARTS) is 1. The van der Waals surface area contributed by atoms with Gasteiger partial charge in [0.15, 0.2) is 5.69 Å². The molecule has 1 aliphatic rings. The molecule has 2 aromatic carbocycles. The molecule has 4 nitrogen and oxygen atoms in total. The Morgan fingerprint density at radius 2 is 1.77 bits per heavy atom. The van der Waals surface area contributed by atoms with Gasteiger partial charge in [0, 0.05) is 26.8 Å². The van der Waals surface area contributed by atoms with Crippen molar-refractivity contribution < 1.29 is 57.4 Å². The number of aromatic carboxylic acids is 1. The van der Waals surface area contributed by atoms with E-state index in [1.165, 1.54) is 0 Å². The fourth-order valence-corrected chi connectivity index (χ4v) is 4.46. The van der Waals surface area contributed by atoms with Crippen molar-refractivity contribution in [1.29, 1.82) is 0 Å². The van der Waals surface area contributed by atoms with E-state index < -0.39 is 23.4 Å². The van der Waals surface area contributed by atoms with Gasteiger partial charge in [0.2, 0.25) is 0 Å². The maximum atomic E-state index is 13.2. The topological polar surface area (TPSA) is 62.2 Å². The first-order chi connectivity index (χ1) is 16.1. The number of rotatable bonds is 6. The molecule has 35 heavy (non-hydrogen) atoms. The van der Waals surface area contributed by atoms with Crippen LogP contribution in [0.3, 0.4) is 0 Å². The number of hydrogen-bond acceptors (Lipinski definition) is 4. The van der Waals surface area contributed by atoms with Crippen LogP contribution in [-0.4, -0.2) is 11.0 Å². The molecule has 0 fully saturated rings. The number of allylic oxidation sites excluding steroid dienone is 2. The summed E-state index contributed by atoms with van der Waals surface area (Å²) in [6, 6.07) is 13.8. The Labute approximate surface area is 235 Å². The minimum atomic E-state index is -4.90. The third-order valence-corrected chi connectivity index (χ3v) is 6.26. The van der Waals surface area contributed by atoms with Crippen molar-refractivity contribution in [3.63, 3.8) is 0 Å². The molecule has 0 bridgehead atoms. The molecule has 0 spiro atoms. The average molecular weight is 575 g/mol. The number of aromatic nitrogens is 1. The summed E-state index contributed by atoms with van der Waals surface area (Å²) in [6.07, 6.45) is -1.84. The van der Waals surface area contributed by atoms with Crippen molar-refractivity contribution in [2.45, 2.75) is 32.0 Å². The zero-order chi connectivity index (χ0) is 24.5. The molecule has 176 valence electrons. The largest absolute Gasteiger partial charge is 1.00 e. The van der Waals surface area contributed by atoms with Gasteiger partial charge in [-0.2, -0.15) is 13.2 Å². The number of benzene rings is 2. The Balaban J connectivity index is 0.00000342. The van der Waals surface area contributed by atoms with Crippen LogP contribution in [0.2, 0.25) is 5.02 Å². The van der Waals surface area contributed by atoms with Gasteiger partial charge in [-0.25, -0.2) is 0 Å². The Morgan fingerprint density at radius 3 is 2.43 bits per heavy atom. The molecule has 1 aliphatic carbocycles. The average Bonchev–Trinajstić information content (AvgIpc) is 3.28. The summed E-state index contributed by atoms with van der Waals surface area (Å²) in [5.74, 6) is -1.32. The van der Waals surface area contributed by atoms with E-state index in [0.717, 1.165) is 45.4 Å². The predicted molar refractivity (Wildman–Crippen MR) is 124 cm³/mol. The quantitative estimate of drug-likeness (QED) is 0.423. The van der Waals surface area contributed by atoms with Crippen molar-refractivity contribution in [3.05, 3.63) is 92.2 Å². The maximum absolute atomic E-state index is 13.2. The zero-order valence-electron chi connectivity index (χ0n) is 18.6. The Bertz CT molecular complexity index is 1280. The molecule has 0 saturated heterocycles. The van der Waals surface area contributed by atoms with Crippen LogP contribution in [0.25, 0.3) is 11.1 Å². The number of halogens is 5. The van der Waals surface area contributed by atoms with Crippen molar-refractivity contribution in [1.82, 2.24) is 4.98 Å². The maximum Gasteiger partial charge on any atom is 1.00 e. The van der Waals surface area contributed by atoms with Crippen LogP contribution in [0.4, 0.5) is 13.2 Å². The fraction of sp³-hybridized carbons (Fsp3) is 0.200. The van der Waals surface area contributed by atoms with Gasteiger partial charge in [-0.3, -0.25) is 4.98 Å². The van der Waals surface area contributed by atoms with Crippen molar-refractivity contribution in [3.8, 4) is 5.75 Å². The Kier molecular flexibility index (Phi) is 9.10. The molecule has 1 heterocycles. The number of carbonyl (C=O) groups excluding carboxylic acids is 1. The predicted octanol–water partition coefficient (Wildman–Crippen LogP) is 3.56. The van der Waals surface area contributed by atoms with Crippen LogP contribution in [0.15, 0.2) is 59.2 Å².